The zero-order valence-electron chi connectivity index (χ0n) is 8.61. The highest BCUT2D eigenvalue weighted by atomic mass is 16.1. The standard InChI is InChI=1S/C13H18O/c14-13(11-7-3-1-4-8-11)12-9-5-2-6-10-12/h1-3,5,11-12H,4,6-10H2. The number of carbonyl (C=O) groups excluding carboxylic acids is 1. The zero-order chi connectivity index (χ0) is 9.80. The number of ketones is 1. The molecule has 0 saturated carbocycles. The third kappa shape index (κ3) is 2.14. The van der Waals surface area contributed by atoms with E-state index in [9.17, 15) is 4.79 Å². The van der Waals surface area contributed by atoms with E-state index in [-0.39, 0.29) is 0 Å². The van der Waals surface area contributed by atoms with Crippen LogP contribution in [0.3, 0.4) is 0 Å². The predicted molar refractivity (Wildman–Crippen MR) is 58.0 cm³/mol. The van der Waals surface area contributed by atoms with Gasteiger partial charge < -0.3 is 0 Å². The molecule has 2 rings (SSSR count). The largest absolute Gasteiger partial charge is 0.299 e. The normalized spacial score (nSPS) is 31.7. The Balaban J connectivity index is 1.93. The summed E-state index contributed by atoms with van der Waals surface area (Å²) in [5.41, 5.74) is 0. The lowest BCUT2D eigenvalue weighted by molar-refractivity contribution is -0.127. The smallest absolute Gasteiger partial charge is 0.139 e. The van der Waals surface area contributed by atoms with Gasteiger partial charge >= 0.3 is 0 Å². The van der Waals surface area contributed by atoms with Crippen LogP contribution in [0.1, 0.15) is 38.5 Å². The predicted octanol–water partition coefficient (Wildman–Crippen LogP) is 3.27. The second kappa shape index (κ2) is 4.59. The summed E-state index contributed by atoms with van der Waals surface area (Å²) in [5, 5.41) is 0. The van der Waals surface area contributed by atoms with Crippen LogP contribution in [-0.2, 0) is 4.79 Å². The Morgan fingerprint density at radius 2 is 1.36 bits per heavy atom. The molecule has 1 heteroatoms. The molecule has 14 heavy (non-hydrogen) atoms. The van der Waals surface area contributed by atoms with E-state index in [0.717, 1.165) is 38.5 Å². The third-order valence-electron chi connectivity index (χ3n) is 3.34. The fourth-order valence-corrected chi connectivity index (χ4v) is 2.44. The van der Waals surface area contributed by atoms with Crippen molar-refractivity contribution < 1.29 is 4.79 Å². The quantitative estimate of drug-likeness (QED) is 0.611. The molecule has 0 aromatic heterocycles. The molecule has 2 unspecified atom stereocenters. The van der Waals surface area contributed by atoms with E-state index in [2.05, 4.69) is 24.3 Å². The Kier molecular flexibility index (Phi) is 3.18. The van der Waals surface area contributed by atoms with Crippen LogP contribution in [0.2, 0.25) is 0 Å². The molecule has 1 nitrogen and oxygen atoms in total. The lowest BCUT2D eigenvalue weighted by atomic mass is 9.80. The Hall–Kier alpha value is -0.850. The first-order valence-corrected chi connectivity index (χ1v) is 5.71. The molecule has 0 spiro atoms. The molecule has 0 aromatic rings. The van der Waals surface area contributed by atoms with Crippen LogP contribution < -0.4 is 0 Å². The maximum atomic E-state index is 12.1. The highest BCUT2D eigenvalue weighted by Crippen LogP contribution is 2.28. The average Bonchev–Trinajstić information content (AvgIpc) is 2.30. The molecule has 0 bridgehead atoms. The van der Waals surface area contributed by atoms with Crippen LogP contribution in [0.4, 0.5) is 0 Å². The Morgan fingerprint density at radius 1 is 0.857 bits per heavy atom. The summed E-state index contributed by atoms with van der Waals surface area (Å²) in [4.78, 5) is 12.1. The number of hydrogen-bond donors (Lipinski definition) is 0. The zero-order valence-corrected chi connectivity index (χ0v) is 8.61. The minimum atomic E-state index is 0.330. The van der Waals surface area contributed by atoms with Gasteiger partial charge in [-0.2, -0.15) is 0 Å². The molecule has 76 valence electrons. The highest BCUT2D eigenvalue weighted by Gasteiger charge is 2.26. The van der Waals surface area contributed by atoms with E-state index >= 15 is 0 Å². The van der Waals surface area contributed by atoms with Crippen LogP contribution in [0.15, 0.2) is 24.3 Å². The first-order chi connectivity index (χ1) is 6.88. The molecule has 0 N–H and O–H groups in total. The van der Waals surface area contributed by atoms with Crippen LogP contribution in [0.25, 0.3) is 0 Å². The van der Waals surface area contributed by atoms with Crippen LogP contribution >= 0.6 is 0 Å². The molecular weight excluding hydrogens is 172 g/mol. The Morgan fingerprint density at radius 3 is 1.71 bits per heavy atom. The van der Waals surface area contributed by atoms with Crippen molar-refractivity contribution in [3.8, 4) is 0 Å². The molecule has 0 saturated heterocycles. The molecule has 2 aliphatic rings. The molecule has 2 aliphatic carbocycles. The molecule has 0 aromatic carbocycles. The topological polar surface area (TPSA) is 17.1 Å². The monoisotopic (exact) mass is 190 g/mol. The van der Waals surface area contributed by atoms with Crippen molar-refractivity contribution in [2.45, 2.75) is 38.5 Å². The van der Waals surface area contributed by atoms with E-state index in [1.807, 2.05) is 0 Å². The number of carbonyl (C=O) groups is 1. The van der Waals surface area contributed by atoms with Crippen molar-refractivity contribution >= 4 is 5.78 Å². The molecule has 2 atom stereocenters. The van der Waals surface area contributed by atoms with Gasteiger partial charge in [0.2, 0.25) is 0 Å². The molecular formula is C13H18O. The summed E-state index contributed by atoms with van der Waals surface area (Å²) in [5.74, 6) is 1.19. The van der Waals surface area contributed by atoms with Crippen LogP contribution in [-0.4, -0.2) is 5.78 Å². The number of allylic oxidation sites excluding steroid dienone is 4. The number of Topliss-reactive ketones (excluding diaryl/α,β-unsaturated/α-hetero) is 1. The lowest BCUT2D eigenvalue weighted by Crippen LogP contribution is -2.25. The van der Waals surface area contributed by atoms with Crippen molar-refractivity contribution in [3.05, 3.63) is 24.3 Å². The minimum Gasteiger partial charge on any atom is -0.299 e. The SMILES string of the molecule is O=C(C1CC=CCC1)C1CC=CCC1. The van der Waals surface area contributed by atoms with Gasteiger partial charge in [0.1, 0.15) is 5.78 Å². The maximum absolute atomic E-state index is 12.1. The number of rotatable bonds is 2. The first-order valence-electron chi connectivity index (χ1n) is 5.71. The van der Waals surface area contributed by atoms with E-state index < -0.39 is 0 Å². The summed E-state index contributed by atoms with van der Waals surface area (Å²) < 4.78 is 0. The van der Waals surface area contributed by atoms with Gasteiger partial charge in [-0.25, -0.2) is 0 Å². The molecule has 0 amide bonds. The lowest BCUT2D eigenvalue weighted by Gasteiger charge is -2.23. The van der Waals surface area contributed by atoms with Gasteiger partial charge in [-0.05, 0) is 38.5 Å². The first kappa shape index (κ1) is 9.70. The molecule has 0 aliphatic heterocycles. The molecule has 0 radical (unpaired) electrons. The summed E-state index contributed by atoms with van der Waals surface area (Å²) in [6.07, 6.45) is 15.1. The fourth-order valence-electron chi connectivity index (χ4n) is 2.44. The van der Waals surface area contributed by atoms with Gasteiger partial charge in [-0.3, -0.25) is 4.79 Å². The summed E-state index contributed by atoms with van der Waals surface area (Å²) in [6.45, 7) is 0. The molecule has 0 fully saturated rings. The Labute approximate surface area is 85.9 Å². The molecule has 0 heterocycles. The van der Waals surface area contributed by atoms with Crippen molar-refractivity contribution in [3.63, 3.8) is 0 Å². The summed E-state index contributed by atoms with van der Waals surface area (Å²) in [6, 6.07) is 0. The van der Waals surface area contributed by atoms with Crippen LogP contribution in [0.5, 0.6) is 0 Å². The van der Waals surface area contributed by atoms with Crippen LogP contribution in [0, 0.1) is 11.8 Å². The van der Waals surface area contributed by atoms with Crippen molar-refractivity contribution in [1.82, 2.24) is 0 Å². The minimum absolute atomic E-state index is 0.330. The van der Waals surface area contributed by atoms with Gasteiger partial charge in [0.15, 0.2) is 0 Å². The second-order valence-electron chi connectivity index (χ2n) is 4.37. The third-order valence-corrected chi connectivity index (χ3v) is 3.34. The number of hydrogen-bond acceptors (Lipinski definition) is 1. The Bertz CT molecular complexity index is 236. The van der Waals surface area contributed by atoms with E-state index in [1.54, 1.807) is 0 Å². The van der Waals surface area contributed by atoms with E-state index in [4.69, 9.17) is 0 Å². The maximum Gasteiger partial charge on any atom is 0.139 e. The fraction of sp³-hybridized carbons (Fsp3) is 0.615. The van der Waals surface area contributed by atoms with E-state index in [0.29, 0.717) is 17.6 Å². The van der Waals surface area contributed by atoms with Gasteiger partial charge in [-0.1, -0.05) is 24.3 Å². The van der Waals surface area contributed by atoms with Gasteiger partial charge in [-0.15, -0.1) is 0 Å². The van der Waals surface area contributed by atoms with Gasteiger partial charge in [0.05, 0.1) is 0 Å². The highest BCUT2D eigenvalue weighted by molar-refractivity contribution is 5.84. The van der Waals surface area contributed by atoms with Gasteiger partial charge in [0.25, 0.3) is 0 Å². The second-order valence-corrected chi connectivity index (χ2v) is 4.37. The van der Waals surface area contributed by atoms with Gasteiger partial charge in [0, 0.05) is 11.8 Å². The average molecular weight is 190 g/mol. The van der Waals surface area contributed by atoms with E-state index in [1.165, 1.54) is 0 Å². The summed E-state index contributed by atoms with van der Waals surface area (Å²) in [7, 11) is 0. The van der Waals surface area contributed by atoms with Crippen molar-refractivity contribution in [2.24, 2.45) is 11.8 Å². The van der Waals surface area contributed by atoms with Crippen molar-refractivity contribution in [2.75, 3.05) is 0 Å². The van der Waals surface area contributed by atoms with Crippen molar-refractivity contribution in [1.29, 1.82) is 0 Å². The summed E-state index contributed by atoms with van der Waals surface area (Å²) >= 11 is 0.